The van der Waals surface area contributed by atoms with Crippen LogP contribution in [0.4, 0.5) is 5.69 Å². The van der Waals surface area contributed by atoms with Gasteiger partial charge in [-0.3, -0.25) is 13.9 Å². The first-order valence-corrected chi connectivity index (χ1v) is 14.3. The summed E-state index contributed by atoms with van der Waals surface area (Å²) in [5.74, 6) is 0.473. The Kier molecular flexibility index (Phi) is 9.84. The highest BCUT2D eigenvalue weighted by Crippen LogP contribution is 2.35. The normalized spacial score (nSPS) is 14.2. The first kappa shape index (κ1) is 29.1. The fraction of sp³-hybridized carbons (Fsp3) is 0.481. The van der Waals surface area contributed by atoms with Crippen LogP contribution >= 0.6 is 0 Å². The van der Waals surface area contributed by atoms with Gasteiger partial charge in [-0.05, 0) is 57.0 Å². The first-order valence-electron chi connectivity index (χ1n) is 12.7. The van der Waals surface area contributed by atoms with Crippen molar-refractivity contribution in [1.29, 1.82) is 0 Å². The number of ether oxygens (including phenoxy) is 3. The monoisotopic (exact) mass is 547 g/mol. The number of benzene rings is 2. The molecule has 38 heavy (non-hydrogen) atoms. The summed E-state index contributed by atoms with van der Waals surface area (Å²) in [4.78, 5) is 28.2. The molecule has 3 rings (SSSR count). The van der Waals surface area contributed by atoms with E-state index in [4.69, 9.17) is 14.2 Å². The lowest BCUT2D eigenvalue weighted by molar-refractivity contribution is -0.139. The van der Waals surface area contributed by atoms with E-state index in [-0.39, 0.29) is 29.9 Å². The fourth-order valence-electron chi connectivity index (χ4n) is 3.92. The summed E-state index contributed by atoms with van der Waals surface area (Å²) in [7, 11) is -2.31. The van der Waals surface area contributed by atoms with Gasteiger partial charge >= 0.3 is 0 Å². The predicted octanol–water partition coefficient (Wildman–Crippen LogP) is 2.95. The summed E-state index contributed by atoms with van der Waals surface area (Å²) in [6.07, 6.45) is 0.731. The fourth-order valence-corrected chi connectivity index (χ4v) is 4.98. The van der Waals surface area contributed by atoms with Gasteiger partial charge in [0, 0.05) is 18.7 Å². The van der Waals surface area contributed by atoms with E-state index in [1.54, 1.807) is 50.4 Å². The van der Waals surface area contributed by atoms with Crippen molar-refractivity contribution < 1.29 is 32.2 Å². The minimum atomic E-state index is -3.85. The van der Waals surface area contributed by atoms with Crippen LogP contribution in [0, 0.1) is 0 Å². The Morgan fingerprint density at radius 2 is 1.76 bits per heavy atom. The smallest absolute Gasteiger partial charge is 0.244 e. The Hall–Kier alpha value is -3.47. The van der Waals surface area contributed by atoms with Crippen LogP contribution in [-0.4, -0.2) is 69.8 Å². The van der Waals surface area contributed by atoms with E-state index in [0.29, 0.717) is 30.5 Å². The highest BCUT2D eigenvalue weighted by atomic mass is 32.2. The van der Waals surface area contributed by atoms with Gasteiger partial charge in [0.2, 0.25) is 21.8 Å². The molecule has 0 bridgehead atoms. The molecule has 1 aliphatic heterocycles. The van der Waals surface area contributed by atoms with E-state index >= 15 is 0 Å². The summed E-state index contributed by atoms with van der Waals surface area (Å²) < 4.78 is 43.8. The average molecular weight is 548 g/mol. The maximum atomic E-state index is 13.8. The minimum Gasteiger partial charge on any atom is -0.497 e. The summed E-state index contributed by atoms with van der Waals surface area (Å²) >= 11 is 0. The largest absolute Gasteiger partial charge is 0.497 e. The summed E-state index contributed by atoms with van der Waals surface area (Å²) in [6, 6.07) is 11.0. The summed E-state index contributed by atoms with van der Waals surface area (Å²) in [5.41, 5.74) is 1.02. The first-order chi connectivity index (χ1) is 18.1. The quantitative estimate of drug-likeness (QED) is 0.435. The molecular weight excluding hydrogens is 510 g/mol. The molecule has 0 fully saturated rings. The third-order valence-electron chi connectivity index (χ3n) is 6.45. The van der Waals surface area contributed by atoms with Crippen LogP contribution in [0.2, 0.25) is 0 Å². The number of carbonyl (C=O) groups is 2. The standard InChI is InChI=1S/C27H37N3O7S/c1-6-19(3)28-27(32)20(4)29(17-21-9-8-10-23(15-21)35-5)26(31)18-30(38(33,34)7-2)22-11-12-24-25(16-22)37-14-13-36-24/h8-12,15-16,19-20H,6-7,13-14,17-18H2,1-5H3,(H,28,32)/t19-,20-/m0/s1. The van der Waals surface area contributed by atoms with Crippen molar-refractivity contribution in [3.8, 4) is 17.2 Å². The number of hydrogen-bond donors (Lipinski definition) is 1. The van der Waals surface area contributed by atoms with E-state index in [0.717, 1.165) is 16.3 Å². The van der Waals surface area contributed by atoms with Crippen molar-refractivity contribution in [3.63, 3.8) is 0 Å². The Bertz CT molecular complexity index is 1230. The van der Waals surface area contributed by atoms with Gasteiger partial charge in [0.25, 0.3) is 0 Å². The van der Waals surface area contributed by atoms with E-state index in [9.17, 15) is 18.0 Å². The molecule has 1 N–H and O–H groups in total. The number of anilines is 1. The highest BCUT2D eigenvalue weighted by Gasteiger charge is 2.32. The molecule has 1 aliphatic rings. The number of hydrogen-bond acceptors (Lipinski definition) is 7. The van der Waals surface area contributed by atoms with Crippen molar-refractivity contribution in [2.75, 3.05) is 36.9 Å². The van der Waals surface area contributed by atoms with Crippen LogP contribution in [-0.2, 0) is 26.2 Å². The zero-order valence-electron chi connectivity index (χ0n) is 22.6. The maximum Gasteiger partial charge on any atom is 0.244 e. The molecular formula is C27H37N3O7S. The van der Waals surface area contributed by atoms with Crippen molar-refractivity contribution in [2.24, 2.45) is 0 Å². The second-order valence-electron chi connectivity index (χ2n) is 9.10. The molecule has 0 unspecified atom stereocenters. The second kappa shape index (κ2) is 12.9. The molecule has 0 saturated heterocycles. The lowest BCUT2D eigenvalue weighted by Crippen LogP contribution is -2.52. The number of fused-ring (bicyclic) bond motifs is 1. The van der Waals surface area contributed by atoms with E-state index in [1.807, 2.05) is 19.9 Å². The molecule has 10 nitrogen and oxygen atoms in total. The van der Waals surface area contributed by atoms with Gasteiger partial charge < -0.3 is 24.4 Å². The van der Waals surface area contributed by atoms with Crippen LogP contribution in [0.15, 0.2) is 42.5 Å². The molecule has 0 radical (unpaired) electrons. The van der Waals surface area contributed by atoms with Crippen LogP contribution in [0.3, 0.4) is 0 Å². The molecule has 0 spiro atoms. The molecule has 1 heterocycles. The third-order valence-corrected chi connectivity index (χ3v) is 8.19. The maximum absolute atomic E-state index is 13.8. The van der Waals surface area contributed by atoms with Crippen molar-refractivity contribution >= 4 is 27.5 Å². The zero-order valence-corrected chi connectivity index (χ0v) is 23.4. The van der Waals surface area contributed by atoms with Gasteiger partial charge in [-0.1, -0.05) is 19.1 Å². The number of nitrogens with zero attached hydrogens (tertiary/aromatic N) is 2. The molecule has 2 aromatic rings. The lowest BCUT2D eigenvalue weighted by atomic mass is 10.1. The zero-order chi connectivity index (χ0) is 27.9. The van der Waals surface area contributed by atoms with Crippen LogP contribution in [0.5, 0.6) is 17.2 Å². The molecule has 0 aliphatic carbocycles. The molecule has 2 amide bonds. The minimum absolute atomic E-state index is 0.0756. The number of nitrogens with one attached hydrogen (secondary N) is 1. The Balaban J connectivity index is 1.95. The second-order valence-corrected chi connectivity index (χ2v) is 11.3. The van der Waals surface area contributed by atoms with Gasteiger partial charge in [-0.25, -0.2) is 8.42 Å². The topological polar surface area (TPSA) is 114 Å². The van der Waals surface area contributed by atoms with Crippen LogP contribution in [0.1, 0.15) is 39.7 Å². The summed E-state index contributed by atoms with van der Waals surface area (Å²) in [6.45, 7) is 7.34. The van der Waals surface area contributed by atoms with E-state index in [1.165, 1.54) is 11.8 Å². The van der Waals surface area contributed by atoms with Crippen LogP contribution < -0.4 is 23.8 Å². The Labute approximate surface area is 224 Å². The van der Waals surface area contributed by atoms with E-state index in [2.05, 4.69) is 5.32 Å². The number of carbonyl (C=O) groups excluding carboxylic acids is 2. The predicted molar refractivity (Wildman–Crippen MR) is 145 cm³/mol. The average Bonchev–Trinajstić information content (AvgIpc) is 2.93. The van der Waals surface area contributed by atoms with Gasteiger partial charge in [0.15, 0.2) is 11.5 Å². The van der Waals surface area contributed by atoms with Crippen molar-refractivity contribution in [3.05, 3.63) is 48.0 Å². The van der Waals surface area contributed by atoms with Gasteiger partial charge in [-0.2, -0.15) is 0 Å². The number of rotatable bonds is 12. The van der Waals surface area contributed by atoms with Gasteiger partial charge in [0.05, 0.1) is 18.6 Å². The number of sulfonamides is 1. The number of amides is 2. The highest BCUT2D eigenvalue weighted by molar-refractivity contribution is 7.92. The Morgan fingerprint density at radius 1 is 1.05 bits per heavy atom. The molecule has 11 heteroatoms. The van der Waals surface area contributed by atoms with Crippen molar-refractivity contribution in [2.45, 2.75) is 52.7 Å². The number of methoxy groups -OCH3 is 1. The molecule has 0 saturated carbocycles. The molecule has 2 atom stereocenters. The van der Waals surface area contributed by atoms with Gasteiger partial charge in [-0.15, -0.1) is 0 Å². The Morgan fingerprint density at radius 3 is 2.42 bits per heavy atom. The molecule has 2 aromatic carbocycles. The molecule has 0 aromatic heterocycles. The lowest BCUT2D eigenvalue weighted by Gasteiger charge is -2.32. The SMILES string of the molecule is CC[C@H](C)NC(=O)[C@H](C)N(Cc1cccc(OC)c1)C(=O)CN(c1ccc2c(c1)OCCO2)S(=O)(=O)CC. The van der Waals surface area contributed by atoms with Crippen molar-refractivity contribution in [1.82, 2.24) is 10.2 Å². The van der Waals surface area contributed by atoms with Crippen LogP contribution in [0.25, 0.3) is 0 Å². The van der Waals surface area contributed by atoms with Gasteiger partial charge in [0.1, 0.15) is 31.5 Å². The third kappa shape index (κ3) is 7.09. The molecule has 208 valence electrons. The summed E-state index contributed by atoms with van der Waals surface area (Å²) in [5, 5.41) is 2.91. The van der Waals surface area contributed by atoms with E-state index < -0.39 is 28.5 Å².